The van der Waals surface area contributed by atoms with E-state index in [0.717, 1.165) is 26.1 Å². The SMILES string of the molecule is CCC(=O)N1CCCN(CCC(=O)Nc2ccc(Cl)cc2F)CC1. The molecule has 24 heavy (non-hydrogen) atoms. The molecule has 2 rings (SSSR count). The first-order chi connectivity index (χ1) is 11.5. The Hall–Kier alpha value is -1.66. The second kappa shape index (κ2) is 8.99. The lowest BCUT2D eigenvalue weighted by atomic mass is 10.2. The molecule has 0 bridgehead atoms. The predicted molar refractivity (Wildman–Crippen MR) is 92.6 cm³/mol. The van der Waals surface area contributed by atoms with E-state index < -0.39 is 5.82 Å². The molecular weight excluding hydrogens is 333 g/mol. The Morgan fingerprint density at radius 1 is 1.25 bits per heavy atom. The molecule has 1 heterocycles. The number of hydrogen-bond donors (Lipinski definition) is 1. The van der Waals surface area contributed by atoms with Crippen molar-refractivity contribution >= 4 is 29.1 Å². The molecule has 5 nitrogen and oxygen atoms in total. The third kappa shape index (κ3) is 5.46. The molecule has 1 saturated heterocycles. The number of nitrogens with one attached hydrogen (secondary N) is 1. The van der Waals surface area contributed by atoms with E-state index in [1.165, 1.54) is 18.2 Å². The number of halogens is 2. The Kier molecular flexibility index (Phi) is 6.99. The molecule has 1 aromatic carbocycles. The number of carbonyl (C=O) groups is 2. The number of amides is 2. The molecule has 1 aliphatic heterocycles. The number of nitrogens with zero attached hydrogens (tertiary/aromatic N) is 2. The van der Waals surface area contributed by atoms with Gasteiger partial charge in [-0.3, -0.25) is 9.59 Å². The minimum absolute atomic E-state index is 0.139. The number of anilines is 1. The maximum absolute atomic E-state index is 13.7. The van der Waals surface area contributed by atoms with Gasteiger partial charge in [0, 0.05) is 44.0 Å². The van der Waals surface area contributed by atoms with Crippen LogP contribution in [0, 0.1) is 5.82 Å². The van der Waals surface area contributed by atoms with Gasteiger partial charge in [0.2, 0.25) is 11.8 Å². The van der Waals surface area contributed by atoms with Gasteiger partial charge in [0.15, 0.2) is 0 Å². The Balaban J connectivity index is 1.78. The molecule has 1 aromatic rings. The summed E-state index contributed by atoms with van der Waals surface area (Å²) in [4.78, 5) is 27.8. The van der Waals surface area contributed by atoms with Crippen molar-refractivity contribution in [2.75, 3.05) is 38.0 Å². The molecule has 0 aromatic heterocycles. The normalized spacial score (nSPS) is 15.9. The van der Waals surface area contributed by atoms with Gasteiger partial charge >= 0.3 is 0 Å². The molecule has 0 spiro atoms. The summed E-state index contributed by atoms with van der Waals surface area (Å²) < 4.78 is 13.7. The second-order valence-electron chi connectivity index (χ2n) is 5.85. The highest BCUT2D eigenvalue weighted by molar-refractivity contribution is 6.30. The molecule has 0 unspecified atom stereocenters. The molecule has 0 aliphatic carbocycles. The van der Waals surface area contributed by atoms with Crippen LogP contribution >= 0.6 is 11.6 Å². The van der Waals surface area contributed by atoms with Crippen LogP contribution in [0.1, 0.15) is 26.2 Å². The minimum atomic E-state index is -0.542. The van der Waals surface area contributed by atoms with Crippen molar-refractivity contribution in [3.05, 3.63) is 29.0 Å². The third-order valence-corrected chi connectivity index (χ3v) is 4.34. The number of benzene rings is 1. The summed E-state index contributed by atoms with van der Waals surface area (Å²) in [5.74, 6) is -0.603. The number of hydrogen-bond acceptors (Lipinski definition) is 3. The third-order valence-electron chi connectivity index (χ3n) is 4.10. The van der Waals surface area contributed by atoms with Crippen molar-refractivity contribution in [3.63, 3.8) is 0 Å². The average molecular weight is 356 g/mol. The molecule has 0 atom stereocenters. The lowest BCUT2D eigenvalue weighted by molar-refractivity contribution is -0.130. The zero-order valence-corrected chi connectivity index (χ0v) is 14.6. The fourth-order valence-electron chi connectivity index (χ4n) is 2.73. The van der Waals surface area contributed by atoms with Gasteiger partial charge in [0.25, 0.3) is 0 Å². The van der Waals surface area contributed by atoms with Gasteiger partial charge in [-0.25, -0.2) is 4.39 Å². The molecular formula is C17H23ClFN3O2. The van der Waals surface area contributed by atoms with Gasteiger partial charge in [-0.2, -0.15) is 0 Å². The maximum atomic E-state index is 13.7. The van der Waals surface area contributed by atoms with E-state index in [-0.39, 0.29) is 23.9 Å². The highest BCUT2D eigenvalue weighted by Gasteiger charge is 2.18. The topological polar surface area (TPSA) is 52.7 Å². The Morgan fingerprint density at radius 2 is 2.04 bits per heavy atom. The van der Waals surface area contributed by atoms with E-state index in [1.54, 1.807) is 0 Å². The zero-order valence-electron chi connectivity index (χ0n) is 13.9. The van der Waals surface area contributed by atoms with Crippen LogP contribution in [0.4, 0.5) is 10.1 Å². The summed E-state index contributed by atoms with van der Waals surface area (Å²) in [5, 5.41) is 2.86. The van der Waals surface area contributed by atoms with Crippen molar-refractivity contribution < 1.29 is 14.0 Å². The minimum Gasteiger partial charge on any atom is -0.341 e. The average Bonchev–Trinajstić information content (AvgIpc) is 2.80. The van der Waals surface area contributed by atoms with Crippen LogP contribution in [0.15, 0.2) is 18.2 Å². The first-order valence-corrected chi connectivity index (χ1v) is 8.62. The fraction of sp³-hybridized carbons (Fsp3) is 0.529. The number of carbonyl (C=O) groups excluding carboxylic acids is 2. The predicted octanol–water partition coefficient (Wildman–Crippen LogP) is 2.75. The van der Waals surface area contributed by atoms with Gasteiger partial charge in [-0.15, -0.1) is 0 Å². The highest BCUT2D eigenvalue weighted by atomic mass is 35.5. The van der Waals surface area contributed by atoms with Crippen molar-refractivity contribution in [1.29, 1.82) is 0 Å². The molecule has 1 fully saturated rings. The summed E-state index contributed by atoms with van der Waals surface area (Å²) in [7, 11) is 0. The van der Waals surface area contributed by atoms with Crippen LogP contribution in [-0.4, -0.2) is 54.3 Å². The molecule has 0 radical (unpaired) electrons. The number of rotatable bonds is 5. The molecule has 1 N–H and O–H groups in total. The van der Waals surface area contributed by atoms with E-state index in [2.05, 4.69) is 10.2 Å². The van der Waals surface area contributed by atoms with E-state index in [0.29, 0.717) is 24.5 Å². The molecule has 0 saturated carbocycles. The largest absolute Gasteiger partial charge is 0.341 e. The summed E-state index contributed by atoms with van der Waals surface area (Å²) in [6, 6.07) is 4.16. The summed E-state index contributed by atoms with van der Waals surface area (Å²) in [6.07, 6.45) is 1.71. The van der Waals surface area contributed by atoms with Crippen LogP contribution in [-0.2, 0) is 9.59 Å². The van der Waals surface area contributed by atoms with Crippen LogP contribution in [0.2, 0.25) is 5.02 Å². The van der Waals surface area contributed by atoms with E-state index in [1.807, 2.05) is 11.8 Å². The fourth-order valence-corrected chi connectivity index (χ4v) is 2.89. The van der Waals surface area contributed by atoms with Crippen LogP contribution < -0.4 is 5.32 Å². The Bertz CT molecular complexity index is 597. The summed E-state index contributed by atoms with van der Waals surface area (Å²) >= 11 is 5.69. The lowest BCUT2D eigenvalue weighted by Crippen LogP contribution is -2.35. The lowest BCUT2D eigenvalue weighted by Gasteiger charge is -2.21. The Morgan fingerprint density at radius 3 is 2.75 bits per heavy atom. The smallest absolute Gasteiger partial charge is 0.225 e. The van der Waals surface area contributed by atoms with Gasteiger partial charge in [0.05, 0.1) is 5.69 Å². The van der Waals surface area contributed by atoms with Crippen molar-refractivity contribution in [1.82, 2.24) is 9.80 Å². The van der Waals surface area contributed by atoms with Crippen molar-refractivity contribution in [2.45, 2.75) is 26.2 Å². The molecule has 2 amide bonds. The highest BCUT2D eigenvalue weighted by Crippen LogP contribution is 2.19. The maximum Gasteiger partial charge on any atom is 0.225 e. The molecule has 132 valence electrons. The summed E-state index contributed by atoms with van der Waals surface area (Å²) in [5.41, 5.74) is 0.139. The van der Waals surface area contributed by atoms with Crippen molar-refractivity contribution in [2.24, 2.45) is 0 Å². The van der Waals surface area contributed by atoms with E-state index in [9.17, 15) is 14.0 Å². The first-order valence-electron chi connectivity index (χ1n) is 8.24. The van der Waals surface area contributed by atoms with Crippen LogP contribution in [0.5, 0.6) is 0 Å². The van der Waals surface area contributed by atoms with Crippen LogP contribution in [0.3, 0.4) is 0 Å². The van der Waals surface area contributed by atoms with Crippen molar-refractivity contribution in [3.8, 4) is 0 Å². The molecule has 1 aliphatic rings. The van der Waals surface area contributed by atoms with Gasteiger partial charge < -0.3 is 15.1 Å². The van der Waals surface area contributed by atoms with Gasteiger partial charge in [-0.05, 0) is 31.2 Å². The zero-order chi connectivity index (χ0) is 17.5. The standard InChI is InChI=1S/C17H23ClFN3O2/c1-2-17(24)22-8-3-7-21(10-11-22)9-6-16(23)20-15-5-4-13(18)12-14(15)19/h4-5,12H,2-3,6-11H2,1H3,(H,20,23). The molecule has 7 heteroatoms. The monoisotopic (exact) mass is 355 g/mol. The Labute approximate surface area is 146 Å². The summed E-state index contributed by atoms with van der Waals surface area (Å²) in [6.45, 7) is 5.54. The second-order valence-corrected chi connectivity index (χ2v) is 6.29. The quantitative estimate of drug-likeness (QED) is 0.883. The van der Waals surface area contributed by atoms with E-state index >= 15 is 0 Å². The van der Waals surface area contributed by atoms with Gasteiger partial charge in [-0.1, -0.05) is 18.5 Å². The van der Waals surface area contributed by atoms with E-state index in [4.69, 9.17) is 11.6 Å². The van der Waals surface area contributed by atoms with Crippen LogP contribution in [0.25, 0.3) is 0 Å². The first kappa shape index (κ1) is 18.7. The van der Waals surface area contributed by atoms with Gasteiger partial charge in [0.1, 0.15) is 5.82 Å².